The summed E-state index contributed by atoms with van der Waals surface area (Å²) in [5, 5.41) is 15.5. The number of pyridine rings is 1. The van der Waals surface area contributed by atoms with Crippen LogP contribution in [0.2, 0.25) is 0 Å². The van der Waals surface area contributed by atoms with E-state index in [1.165, 1.54) is 0 Å². The van der Waals surface area contributed by atoms with Crippen molar-refractivity contribution >= 4 is 11.6 Å². The number of benzene rings is 1. The normalized spacial score (nSPS) is 19.6. The number of nitriles is 1. The van der Waals surface area contributed by atoms with Crippen LogP contribution in [0, 0.1) is 17.2 Å². The Kier molecular flexibility index (Phi) is 5.63. The maximum atomic E-state index is 12.4. The van der Waals surface area contributed by atoms with Gasteiger partial charge in [-0.1, -0.05) is 18.6 Å². The molecule has 3 rings (SSSR count). The van der Waals surface area contributed by atoms with Crippen molar-refractivity contribution in [3.8, 4) is 6.07 Å². The first-order valence-electron chi connectivity index (χ1n) is 8.69. The fourth-order valence-corrected chi connectivity index (χ4v) is 3.20. The molecule has 0 bridgehead atoms. The third-order valence-electron chi connectivity index (χ3n) is 4.51. The number of carbonyl (C=O) groups excluding carboxylic acids is 1. The van der Waals surface area contributed by atoms with Gasteiger partial charge in [-0.25, -0.2) is 0 Å². The zero-order valence-corrected chi connectivity index (χ0v) is 14.1. The summed E-state index contributed by atoms with van der Waals surface area (Å²) in [5.41, 5.74) is 2.37. The first-order chi connectivity index (χ1) is 12.2. The minimum absolute atomic E-state index is 0.118. The van der Waals surface area contributed by atoms with E-state index >= 15 is 0 Å². The highest BCUT2D eigenvalue weighted by Crippen LogP contribution is 2.26. The highest BCUT2D eigenvalue weighted by molar-refractivity contribution is 5.95. The van der Waals surface area contributed by atoms with E-state index in [0.29, 0.717) is 18.2 Å². The number of anilines is 1. The number of hydrogen-bond donors (Lipinski definition) is 2. The van der Waals surface area contributed by atoms with E-state index in [-0.39, 0.29) is 11.8 Å². The predicted molar refractivity (Wildman–Crippen MR) is 96.8 cm³/mol. The molecule has 0 spiro atoms. The molecule has 1 aromatic heterocycles. The van der Waals surface area contributed by atoms with Gasteiger partial charge in [-0.2, -0.15) is 5.26 Å². The number of aromatic nitrogens is 1. The Hall–Kier alpha value is -2.87. The van der Waals surface area contributed by atoms with E-state index in [2.05, 4.69) is 21.7 Å². The quantitative estimate of drug-likeness (QED) is 0.877. The average molecular weight is 334 g/mol. The van der Waals surface area contributed by atoms with E-state index in [1.807, 2.05) is 36.4 Å². The molecule has 5 nitrogen and oxygen atoms in total. The van der Waals surface area contributed by atoms with E-state index in [0.717, 1.165) is 37.1 Å². The van der Waals surface area contributed by atoms with Crippen LogP contribution < -0.4 is 10.6 Å². The standard InChI is InChI=1S/C20H22N4O/c21-13-15-5-3-8-17(11-15)24-18-9-4-6-16(12-18)20(25)23-14-19-7-1-2-10-22-19/h1-2,4,6-7,9-10,12,15,17,24H,3,5,8,11,14H2,(H,23,25). The van der Waals surface area contributed by atoms with Gasteiger partial charge in [0.15, 0.2) is 0 Å². The Morgan fingerprint density at radius 3 is 2.96 bits per heavy atom. The summed E-state index contributed by atoms with van der Waals surface area (Å²) in [7, 11) is 0. The minimum Gasteiger partial charge on any atom is -0.382 e. The second-order valence-corrected chi connectivity index (χ2v) is 6.42. The van der Waals surface area contributed by atoms with Crippen molar-refractivity contribution in [1.82, 2.24) is 10.3 Å². The fraction of sp³-hybridized carbons (Fsp3) is 0.350. The second kappa shape index (κ2) is 8.29. The lowest BCUT2D eigenvalue weighted by molar-refractivity contribution is 0.0950. The van der Waals surface area contributed by atoms with Crippen molar-refractivity contribution in [3.05, 3.63) is 59.9 Å². The van der Waals surface area contributed by atoms with Gasteiger partial charge < -0.3 is 10.6 Å². The van der Waals surface area contributed by atoms with Crippen LogP contribution in [0.1, 0.15) is 41.7 Å². The molecular formula is C20H22N4O. The van der Waals surface area contributed by atoms with Crippen LogP contribution in [0.25, 0.3) is 0 Å². The molecule has 1 heterocycles. The molecule has 25 heavy (non-hydrogen) atoms. The second-order valence-electron chi connectivity index (χ2n) is 6.42. The molecule has 2 unspecified atom stereocenters. The molecule has 1 saturated carbocycles. The van der Waals surface area contributed by atoms with Crippen LogP contribution in [0.15, 0.2) is 48.7 Å². The van der Waals surface area contributed by atoms with Gasteiger partial charge >= 0.3 is 0 Å². The van der Waals surface area contributed by atoms with Gasteiger partial charge in [0.1, 0.15) is 0 Å². The zero-order chi connectivity index (χ0) is 17.5. The summed E-state index contributed by atoms with van der Waals surface area (Å²) in [6.45, 7) is 0.407. The van der Waals surface area contributed by atoms with Crippen molar-refractivity contribution in [1.29, 1.82) is 5.26 Å². The Morgan fingerprint density at radius 1 is 1.24 bits per heavy atom. The van der Waals surface area contributed by atoms with Crippen molar-refractivity contribution in [2.24, 2.45) is 5.92 Å². The summed E-state index contributed by atoms with van der Waals surface area (Å²) in [5.74, 6) is 0.0175. The van der Waals surface area contributed by atoms with Gasteiger partial charge in [0, 0.05) is 29.4 Å². The number of amides is 1. The molecular weight excluding hydrogens is 312 g/mol. The summed E-state index contributed by atoms with van der Waals surface area (Å²) in [6, 6.07) is 15.8. The molecule has 5 heteroatoms. The Morgan fingerprint density at radius 2 is 2.16 bits per heavy atom. The van der Waals surface area contributed by atoms with Crippen LogP contribution in [-0.2, 0) is 6.54 Å². The highest BCUT2D eigenvalue weighted by Gasteiger charge is 2.21. The van der Waals surface area contributed by atoms with Gasteiger partial charge in [-0.15, -0.1) is 0 Å². The van der Waals surface area contributed by atoms with Crippen LogP contribution in [0.3, 0.4) is 0 Å². The summed E-state index contributed by atoms with van der Waals surface area (Å²) >= 11 is 0. The number of nitrogens with one attached hydrogen (secondary N) is 2. The minimum atomic E-state index is -0.118. The molecule has 0 saturated heterocycles. The van der Waals surface area contributed by atoms with Crippen molar-refractivity contribution in [3.63, 3.8) is 0 Å². The maximum absolute atomic E-state index is 12.4. The largest absolute Gasteiger partial charge is 0.382 e. The van der Waals surface area contributed by atoms with Crippen molar-refractivity contribution in [2.45, 2.75) is 38.3 Å². The first kappa shape index (κ1) is 17.0. The molecule has 1 fully saturated rings. The van der Waals surface area contributed by atoms with Crippen LogP contribution in [0.5, 0.6) is 0 Å². The smallest absolute Gasteiger partial charge is 0.251 e. The van der Waals surface area contributed by atoms with Gasteiger partial charge in [-0.3, -0.25) is 9.78 Å². The Labute approximate surface area is 148 Å². The SMILES string of the molecule is N#CC1CCCC(Nc2cccc(C(=O)NCc3ccccn3)c2)C1. The van der Waals surface area contributed by atoms with E-state index in [1.54, 1.807) is 12.3 Å². The lowest BCUT2D eigenvalue weighted by Gasteiger charge is -2.27. The Balaban J connectivity index is 1.59. The molecule has 1 aromatic carbocycles. The molecule has 1 aliphatic carbocycles. The van der Waals surface area contributed by atoms with Crippen molar-refractivity contribution in [2.75, 3.05) is 5.32 Å². The fourth-order valence-electron chi connectivity index (χ4n) is 3.20. The van der Waals surface area contributed by atoms with E-state index in [4.69, 9.17) is 5.26 Å². The van der Waals surface area contributed by atoms with Crippen LogP contribution in [0.4, 0.5) is 5.69 Å². The molecule has 0 aliphatic heterocycles. The van der Waals surface area contributed by atoms with Crippen molar-refractivity contribution < 1.29 is 4.79 Å². The molecule has 2 atom stereocenters. The lowest BCUT2D eigenvalue weighted by Crippen LogP contribution is -2.27. The number of carbonyl (C=O) groups is 1. The average Bonchev–Trinajstić information content (AvgIpc) is 2.67. The van der Waals surface area contributed by atoms with Crippen LogP contribution in [-0.4, -0.2) is 16.9 Å². The molecule has 1 aliphatic rings. The highest BCUT2D eigenvalue weighted by atomic mass is 16.1. The third-order valence-corrected chi connectivity index (χ3v) is 4.51. The lowest BCUT2D eigenvalue weighted by atomic mass is 9.86. The zero-order valence-electron chi connectivity index (χ0n) is 14.1. The summed E-state index contributed by atoms with van der Waals surface area (Å²) in [4.78, 5) is 16.6. The topological polar surface area (TPSA) is 77.8 Å². The van der Waals surface area contributed by atoms with Gasteiger partial charge in [0.25, 0.3) is 5.91 Å². The number of rotatable bonds is 5. The number of hydrogen-bond acceptors (Lipinski definition) is 4. The molecule has 0 radical (unpaired) electrons. The van der Waals surface area contributed by atoms with Crippen LogP contribution >= 0.6 is 0 Å². The summed E-state index contributed by atoms with van der Waals surface area (Å²) in [6.07, 6.45) is 5.70. The van der Waals surface area contributed by atoms with Gasteiger partial charge in [0.2, 0.25) is 0 Å². The molecule has 2 N–H and O–H groups in total. The van der Waals surface area contributed by atoms with E-state index in [9.17, 15) is 4.79 Å². The summed E-state index contributed by atoms with van der Waals surface area (Å²) < 4.78 is 0. The molecule has 2 aromatic rings. The number of nitrogens with zero attached hydrogens (tertiary/aromatic N) is 2. The maximum Gasteiger partial charge on any atom is 0.251 e. The van der Waals surface area contributed by atoms with Gasteiger partial charge in [-0.05, 0) is 49.6 Å². The first-order valence-corrected chi connectivity index (χ1v) is 8.69. The van der Waals surface area contributed by atoms with Gasteiger partial charge in [0.05, 0.1) is 18.3 Å². The predicted octanol–water partition coefficient (Wildman–Crippen LogP) is 3.51. The van der Waals surface area contributed by atoms with E-state index < -0.39 is 0 Å². The Bertz CT molecular complexity index is 754. The molecule has 1 amide bonds. The third kappa shape index (κ3) is 4.80. The monoisotopic (exact) mass is 334 g/mol. The molecule has 128 valence electrons.